The second-order valence-corrected chi connectivity index (χ2v) is 8.40. The monoisotopic (exact) mass is 493 g/mol. The highest BCUT2D eigenvalue weighted by Gasteiger charge is 2.35. The van der Waals surface area contributed by atoms with Gasteiger partial charge in [0.2, 0.25) is 5.76 Å². The average Bonchev–Trinajstić information content (AvgIpc) is 3.30. The van der Waals surface area contributed by atoms with Crippen molar-refractivity contribution in [1.29, 1.82) is 0 Å². The molecule has 2 heterocycles. The summed E-state index contributed by atoms with van der Waals surface area (Å²) in [6, 6.07) is 8.46. The van der Waals surface area contributed by atoms with Gasteiger partial charge in [0.25, 0.3) is 11.1 Å². The second kappa shape index (κ2) is 9.53. The van der Waals surface area contributed by atoms with Gasteiger partial charge < -0.3 is 13.9 Å². The molecule has 0 bridgehead atoms. The molecule has 0 saturated carbocycles. The number of ether oxygens (including phenoxy) is 2. The average molecular weight is 494 g/mol. The first-order valence-electron chi connectivity index (χ1n) is 9.21. The summed E-state index contributed by atoms with van der Waals surface area (Å²) < 4.78 is 16.5. The maximum atomic E-state index is 12.7. The molecule has 0 spiro atoms. The van der Waals surface area contributed by atoms with E-state index >= 15 is 0 Å². The first-order chi connectivity index (χ1) is 14.3. The molecule has 1 aromatic carbocycles. The minimum atomic E-state index is -0.624. The number of rotatable bonds is 7. The number of hydrogen-bond acceptors (Lipinski definition) is 7. The van der Waals surface area contributed by atoms with E-state index in [4.69, 9.17) is 9.15 Å². The van der Waals surface area contributed by atoms with Crippen LogP contribution in [0.25, 0.3) is 6.08 Å². The number of halogens is 1. The van der Waals surface area contributed by atoms with E-state index in [1.807, 2.05) is 32.0 Å². The minimum Gasteiger partial charge on any atom is -0.490 e. The van der Waals surface area contributed by atoms with Gasteiger partial charge in [0.05, 0.1) is 29.1 Å². The maximum Gasteiger partial charge on any atom is 0.373 e. The number of thioether (sulfide) groups is 1. The number of methoxy groups -OCH3 is 1. The maximum absolute atomic E-state index is 12.7. The number of esters is 1. The number of nitrogens with zero attached hydrogens (tertiary/aromatic N) is 1. The minimum absolute atomic E-state index is 0.0135. The van der Waals surface area contributed by atoms with Gasteiger partial charge in [0.15, 0.2) is 0 Å². The molecular weight excluding hydrogens is 474 g/mol. The van der Waals surface area contributed by atoms with Crippen LogP contribution in [0, 0.1) is 0 Å². The molecule has 30 heavy (non-hydrogen) atoms. The van der Waals surface area contributed by atoms with E-state index in [-0.39, 0.29) is 18.4 Å². The first-order valence-corrected chi connectivity index (χ1v) is 10.8. The zero-order valence-electron chi connectivity index (χ0n) is 16.6. The lowest BCUT2D eigenvalue weighted by Crippen LogP contribution is -2.27. The van der Waals surface area contributed by atoms with Crippen molar-refractivity contribution in [3.63, 3.8) is 0 Å². The number of carbonyl (C=O) groups is 3. The normalized spacial score (nSPS) is 16.3. The summed E-state index contributed by atoms with van der Waals surface area (Å²) in [6.45, 7) is 3.97. The molecule has 1 atom stereocenters. The smallest absolute Gasteiger partial charge is 0.373 e. The molecule has 2 aromatic rings. The van der Waals surface area contributed by atoms with Crippen LogP contribution in [0.15, 0.2) is 44.1 Å². The van der Waals surface area contributed by atoms with Crippen LogP contribution >= 0.6 is 27.7 Å². The van der Waals surface area contributed by atoms with Crippen LogP contribution in [0.2, 0.25) is 0 Å². The molecule has 0 N–H and O–H groups in total. The van der Waals surface area contributed by atoms with Gasteiger partial charge in [-0.15, -0.1) is 0 Å². The fourth-order valence-corrected chi connectivity index (χ4v) is 3.95. The van der Waals surface area contributed by atoms with E-state index in [0.29, 0.717) is 16.4 Å². The standard InChI is InChI=1S/C21H20BrNO6S/c1-4-12(2)28-16-7-5-13(9-15(16)22)10-18-19(24)23(21(26)30-18)11-14-6-8-17(29-14)20(25)27-3/h5-10,12H,4,11H2,1-3H3. The summed E-state index contributed by atoms with van der Waals surface area (Å²) in [6.07, 6.45) is 2.63. The summed E-state index contributed by atoms with van der Waals surface area (Å²) in [7, 11) is 1.24. The Labute approximate surface area is 186 Å². The van der Waals surface area contributed by atoms with Gasteiger partial charge in [-0.05, 0) is 76.9 Å². The van der Waals surface area contributed by atoms with E-state index in [1.165, 1.54) is 19.2 Å². The summed E-state index contributed by atoms with van der Waals surface area (Å²) in [5.74, 6) is 0.000304. The van der Waals surface area contributed by atoms with Gasteiger partial charge in [0.1, 0.15) is 11.5 Å². The Kier molecular flexibility index (Phi) is 7.04. The Bertz CT molecular complexity index is 1010. The highest BCUT2D eigenvalue weighted by molar-refractivity contribution is 9.10. The Morgan fingerprint density at radius 2 is 2.07 bits per heavy atom. The van der Waals surface area contributed by atoms with Crippen LogP contribution in [0.5, 0.6) is 5.75 Å². The molecule has 0 aliphatic carbocycles. The van der Waals surface area contributed by atoms with Crippen molar-refractivity contribution in [1.82, 2.24) is 4.90 Å². The van der Waals surface area contributed by atoms with Crippen molar-refractivity contribution in [2.75, 3.05) is 7.11 Å². The number of hydrogen-bond donors (Lipinski definition) is 0. The first kappa shape index (κ1) is 22.2. The lowest BCUT2D eigenvalue weighted by molar-refractivity contribution is -0.123. The Balaban J connectivity index is 1.74. The Morgan fingerprint density at radius 1 is 1.30 bits per heavy atom. The molecule has 1 saturated heterocycles. The predicted molar refractivity (Wildman–Crippen MR) is 116 cm³/mol. The summed E-state index contributed by atoms with van der Waals surface area (Å²) >= 11 is 4.34. The predicted octanol–water partition coefficient (Wildman–Crippen LogP) is 5.24. The number of amides is 2. The van der Waals surface area contributed by atoms with Gasteiger partial charge in [-0.1, -0.05) is 13.0 Å². The van der Waals surface area contributed by atoms with Crippen molar-refractivity contribution in [2.24, 2.45) is 0 Å². The second-order valence-electron chi connectivity index (χ2n) is 6.55. The molecule has 1 fully saturated rings. The lowest BCUT2D eigenvalue weighted by atomic mass is 10.2. The Morgan fingerprint density at radius 3 is 2.73 bits per heavy atom. The van der Waals surface area contributed by atoms with Crippen molar-refractivity contribution >= 4 is 50.9 Å². The highest BCUT2D eigenvalue weighted by atomic mass is 79.9. The van der Waals surface area contributed by atoms with Gasteiger partial charge in [0, 0.05) is 0 Å². The molecule has 0 radical (unpaired) electrons. The van der Waals surface area contributed by atoms with Crippen LogP contribution in [-0.2, 0) is 16.1 Å². The summed E-state index contributed by atoms with van der Waals surface area (Å²) in [5.41, 5.74) is 0.759. The van der Waals surface area contributed by atoms with Crippen molar-refractivity contribution in [3.05, 3.63) is 56.8 Å². The number of benzene rings is 1. The third kappa shape index (κ3) is 4.96. The van der Waals surface area contributed by atoms with E-state index < -0.39 is 17.1 Å². The highest BCUT2D eigenvalue weighted by Crippen LogP contribution is 2.35. The molecule has 1 aliphatic rings. The third-order valence-corrected chi connectivity index (χ3v) is 5.92. The number of carbonyl (C=O) groups excluding carboxylic acids is 3. The number of imide groups is 1. The molecule has 158 valence electrons. The fraction of sp³-hybridized carbons (Fsp3) is 0.286. The van der Waals surface area contributed by atoms with Crippen molar-refractivity contribution in [3.8, 4) is 5.75 Å². The van der Waals surface area contributed by atoms with Crippen LogP contribution in [0.1, 0.15) is 42.1 Å². The summed E-state index contributed by atoms with van der Waals surface area (Å²) in [4.78, 5) is 37.9. The van der Waals surface area contributed by atoms with Crippen LogP contribution in [0.3, 0.4) is 0 Å². The molecule has 1 aliphatic heterocycles. The topological polar surface area (TPSA) is 86.1 Å². The lowest BCUT2D eigenvalue weighted by Gasteiger charge is -2.14. The number of furan rings is 1. The molecule has 9 heteroatoms. The van der Waals surface area contributed by atoms with E-state index in [0.717, 1.165) is 33.1 Å². The Hall–Kier alpha value is -2.52. The van der Waals surface area contributed by atoms with Gasteiger partial charge in [-0.3, -0.25) is 14.5 Å². The molecule has 1 aromatic heterocycles. The van der Waals surface area contributed by atoms with Crippen LogP contribution in [0.4, 0.5) is 4.79 Å². The third-order valence-electron chi connectivity index (χ3n) is 4.39. The molecule has 3 rings (SSSR count). The van der Waals surface area contributed by atoms with Crippen LogP contribution < -0.4 is 4.74 Å². The van der Waals surface area contributed by atoms with Gasteiger partial charge >= 0.3 is 5.97 Å². The van der Waals surface area contributed by atoms with Gasteiger partial charge in [-0.2, -0.15) is 0 Å². The van der Waals surface area contributed by atoms with Gasteiger partial charge in [-0.25, -0.2) is 4.79 Å². The molecule has 2 amide bonds. The van der Waals surface area contributed by atoms with E-state index in [9.17, 15) is 14.4 Å². The van der Waals surface area contributed by atoms with E-state index in [2.05, 4.69) is 20.7 Å². The largest absolute Gasteiger partial charge is 0.490 e. The SMILES string of the molecule is CCC(C)Oc1ccc(C=C2SC(=O)N(Cc3ccc(C(=O)OC)o3)C2=O)cc1Br. The zero-order chi connectivity index (χ0) is 21.8. The quantitative estimate of drug-likeness (QED) is 0.384. The van der Waals surface area contributed by atoms with Crippen molar-refractivity contribution in [2.45, 2.75) is 32.9 Å². The van der Waals surface area contributed by atoms with E-state index in [1.54, 1.807) is 6.08 Å². The zero-order valence-corrected chi connectivity index (χ0v) is 19.0. The fourth-order valence-electron chi connectivity index (χ4n) is 2.62. The molecule has 1 unspecified atom stereocenters. The van der Waals surface area contributed by atoms with Crippen LogP contribution in [-0.4, -0.2) is 35.2 Å². The summed E-state index contributed by atoms with van der Waals surface area (Å²) in [5, 5.41) is -0.405. The molecule has 7 nitrogen and oxygen atoms in total. The van der Waals surface area contributed by atoms with Crippen molar-refractivity contribution < 1.29 is 28.3 Å². The molecular formula is C21H20BrNO6S.